The maximum atomic E-state index is 13.8. The average molecular weight is 537 g/mol. The van der Waals surface area contributed by atoms with E-state index in [1.807, 2.05) is 24.4 Å². The lowest BCUT2D eigenvalue weighted by Gasteiger charge is -2.56. The van der Waals surface area contributed by atoms with Crippen LogP contribution in [0.15, 0.2) is 61.1 Å². The molecule has 3 aliphatic heterocycles. The standard InChI is InChI=1S/C31H29FN6O2/c1-31(2,39)20-40-26-13-27(30-23(14-33)16-35-38(30)19-26)22-9-10-29(34-15-22)36-17-24-12-25(18-36)37(24)11-5-7-21-6-3-4-8-28(21)32/h3-4,6,8-10,13,15-16,19,24-25,39H,11-12,17-18,20H2,1-2H3. The van der Waals surface area contributed by atoms with Crippen molar-refractivity contribution in [2.24, 2.45) is 0 Å². The summed E-state index contributed by atoms with van der Waals surface area (Å²) in [4.78, 5) is 9.46. The number of halogens is 1. The number of aliphatic hydroxyl groups is 1. The second-order valence-corrected chi connectivity index (χ2v) is 11.0. The maximum Gasteiger partial charge on any atom is 0.138 e. The molecule has 1 aromatic carbocycles. The Morgan fingerprint density at radius 2 is 1.93 bits per heavy atom. The molecule has 7 rings (SSSR count). The van der Waals surface area contributed by atoms with Crippen molar-refractivity contribution >= 4 is 11.3 Å². The normalized spacial score (nSPS) is 18.5. The summed E-state index contributed by atoms with van der Waals surface area (Å²) in [5.41, 5.74) is 2.20. The van der Waals surface area contributed by atoms with Gasteiger partial charge in [0.15, 0.2) is 0 Å². The van der Waals surface area contributed by atoms with Gasteiger partial charge in [0, 0.05) is 42.5 Å². The number of ether oxygens (including phenoxy) is 1. The van der Waals surface area contributed by atoms with Gasteiger partial charge >= 0.3 is 0 Å². The van der Waals surface area contributed by atoms with Crippen LogP contribution in [0.3, 0.4) is 0 Å². The van der Waals surface area contributed by atoms with Gasteiger partial charge in [-0.15, -0.1) is 0 Å². The second kappa shape index (κ2) is 10.3. The fourth-order valence-corrected chi connectivity index (χ4v) is 5.39. The van der Waals surface area contributed by atoms with Gasteiger partial charge in [-0.1, -0.05) is 24.0 Å². The van der Waals surface area contributed by atoms with Gasteiger partial charge in [0.1, 0.15) is 30.1 Å². The van der Waals surface area contributed by atoms with Crippen LogP contribution in [0.1, 0.15) is 31.4 Å². The van der Waals surface area contributed by atoms with Crippen LogP contribution in [0.25, 0.3) is 16.6 Å². The Hall–Kier alpha value is -4.44. The van der Waals surface area contributed by atoms with E-state index in [9.17, 15) is 14.8 Å². The average Bonchev–Trinajstić information content (AvgIpc) is 3.37. The van der Waals surface area contributed by atoms with Gasteiger partial charge in [-0.25, -0.2) is 13.9 Å². The zero-order valence-electron chi connectivity index (χ0n) is 22.4. The highest BCUT2D eigenvalue weighted by Crippen LogP contribution is 2.35. The Labute approximate surface area is 232 Å². The Morgan fingerprint density at radius 1 is 1.12 bits per heavy atom. The molecule has 3 saturated heterocycles. The minimum atomic E-state index is -0.989. The molecule has 0 saturated carbocycles. The number of nitrogens with zero attached hydrogens (tertiary/aromatic N) is 6. The van der Waals surface area contributed by atoms with Crippen molar-refractivity contribution in [2.75, 3.05) is 31.1 Å². The zero-order valence-corrected chi connectivity index (χ0v) is 22.4. The Kier molecular flexibility index (Phi) is 6.63. The summed E-state index contributed by atoms with van der Waals surface area (Å²) in [6.07, 6.45) is 6.19. The molecule has 8 nitrogen and oxygen atoms in total. The number of aromatic nitrogens is 3. The Morgan fingerprint density at radius 3 is 2.62 bits per heavy atom. The highest BCUT2D eigenvalue weighted by molar-refractivity contribution is 5.85. The number of nitriles is 1. The molecule has 2 bridgehead atoms. The Balaban J connectivity index is 1.17. The molecule has 0 aliphatic carbocycles. The van der Waals surface area contributed by atoms with E-state index in [0.717, 1.165) is 36.5 Å². The smallest absolute Gasteiger partial charge is 0.138 e. The number of benzene rings is 1. The molecule has 0 amide bonds. The van der Waals surface area contributed by atoms with Crippen LogP contribution in [0.5, 0.6) is 5.75 Å². The fourth-order valence-electron chi connectivity index (χ4n) is 5.39. The third-order valence-corrected chi connectivity index (χ3v) is 7.39. The lowest BCUT2D eigenvalue weighted by molar-refractivity contribution is 0.0125. The predicted molar refractivity (Wildman–Crippen MR) is 149 cm³/mol. The minimum absolute atomic E-state index is 0.116. The monoisotopic (exact) mass is 536 g/mol. The van der Waals surface area contributed by atoms with E-state index in [1.54, 1.807) is 42.8 Å². The largest absolute Gasteiger partial charge is 0.489 e. The molecule has 0 radical (unpaired) electrons. The van der Waals surface area contributed by atoms with Gasteiger partial charge in [-0.05, 0) is 50.6 Å². The summed E-state index contributed by atoms with van der Waals surface area (Å²) in [5.74, 6) is 7.26. The van der Waals surface area contributed by atoms with Crippen LogP contribution in [0, 0.1) is 29.0 Å². The van der Waals surface area contributed by atoms with Crippen LogP contribution in [-0.4, -0.2) is 68.5 Å². The number of fused-ring (bicyclic) bond motifs is 3. The summed E-state index contributed by atoms with van der Waals surface area (Å²) in [6, 6.07) is 15.5. The number of hydrogen-bond donors (Lipinski definition) is 1. The number of pyridine rings is 2. The van der Waals surface area contributed by atoms with E-state index in [1.165, 1.54) is 12.3 Å². The van der Waals surface area contributed by atoms with Crippen molar-refractivity contribution < 1.29 is 14.2 Å². The van der Waals surface area contributed by atoms with Crippen molar-refractivity contribution in [3.05, 3.63) is 78.0 Å². The van der Waals surface area contributed by atoms with Gasteiger partial charge in [-0.3, -0.25) is 4.90 Å². The second-order valence-electron chi connectivity index (χ2n) is 11.0. The number of piperidine rings is 1. The molecule has 0 spiro atoms. The number of rotatable bonds is 6. The molecule has 6 heterocycles. The van der Waals surface area contributed by atoms with Crippen LogP contribution in [0.4, 0.5) is 10.2 Å². The summed E-state index contributed by atoms with van der Waals surface area (Å²) < 4.78 is 21.3. The van der Waals surface area contributed by atoms with Crippen LogP contribution >= 0.6 is 0 Å². The lowest BCUT2D eigenvalue weighted by atomic mass is 9.87. The maximum absolute atomic E-state index is 13.8. The molecule has 1 N–H and O–H groups in total. The highest BCUT2D eigenvalue weighted by Gasteiger charge is 2.44. The van der Waals surface area contributed by atoms with Crippen LogP contribution < -0.4 is 9.64 Å². The number of hydrogen-bond acceptors (Lipinski definition) is 7. The molecular weight excluding hydrogens is 507 g/mol. The predicted octanol–water partition coefficient (Wildman–Crippen LogP) is 3.87. The van der Waals surface area contributed by atoms with E-state index in [4.69, 9.17) is 9.72 Å². The zero-order chi connectivity index (χ0) is 27.9. The highest BCUT2D eigenvalue weighted by atomic mass is 19.1. The lowest BCUT2D eigenvalue weighted by Crippen LogP contribution is -2.68. The van der Waals surface area contributed by atoms with E-state index < -0.39 is 5.60 Å². The molecule has 3 aliphatic rings. The van der Waals surface area contributed by atoms with Crippen molar-refractivity contribution in [2.45, 2.75) is 38.0 Å². The number of piperazine rings is 1. The summed E-state index contributed by atoms with van der Waals surface area (Å²) >= 11 is 0. The summed E-state index contributed by atoms with van der Waals surface area (Å²) in [5, 5.41) is 24.1. The molecule has 202 valence electrons. The molecular formula is C31H29FN6O2. The van der Waals surface area contributed by atoms with Crippen molar-refractivity contribution in [1.29, 1.82) is 5.26 Å². The van der Waals surface area contributed by atoms with Crippen molar-refractivity contribution in [3.63, 3.8) is 0 Å². The third-order valence-electron chi connectivity index (χ3n) is 7.39. The number of anilines is 1. The van der Waals surface area contributed by atoms with E-state index in [0.29, 0.717) is 41.0 Å². The first-order valence-corrected chi connectivity index (χ1v) is 13.3. The summed E-state index contributed by atoms with van der Waals surface area (Å²) in [7, 11) is 0. The minimum Gasteiger partial charge on any atom is -0.489 e. The molecule has 2 unspecified atom stereocenters. The third kappa shape index (κ3) is 5.10. The van der Waals surface area contributed by atoms with Crippen LogP contribution in [0.2, 0.25) is 0 Å². The van der Waals surface area contributed by atoms with Gasteiger partial charge in [0.25, 0.3) is 0 Å². The Bertz CT molecular complexity index is 1650. The van der Waals surface area contributed by atoms with Gasteiger partial charge in [0.2, 0.25) is 0 Å². The van der Waals surface area contributed by atoms with Gasteiger partial charge in [-0.2, -0.15) is 10.4 Å². The first-order chi connectivity index (χ1) is 19.3. The van der Waals surface area contributed by atoms with Gasteiger partial charge in [0.05, 0.1) is 41.2 Å². The molecule has 3 fully saturated rings. The first-order valence-electron chi connectivity index (χ1n) is 13.3. The van der Waals surface area contributed by atoms with E-state index >= 15 is 0 Å². The summed E-state index contributed by atoms with van der Waals surface area (Å²) in [6.45, 7) is 5.81. The van der Waals surface area contributed by atoms with Crippen molar-refractivity contribution in [3.8, 4) is 34.8 Å². The molecule has 40 heavy (non-hydrogen) atoms. The SMILES string of the molecule is CC(C)(O)COc1cc(-c2ccc(N3CC4CC(C3)N4CC#Cc3ccccc3F)nc2)c2c(C#N)cnn2c1. The van der Waals surface area contributed by atoms with E-state index in [-0.39, 0.29) is 12.4 Å². The van der Waals surface area contributed by atoms with Crippen molar-refractivity contribution in [1.82, 2.24) is 19.5 Å². The first kappa shape index (κ1) is 25.8. The molecule has 4 aromatic rings. The topological polar surface area (TPSA) is 89.9 Å². The quantitative estimate of drug-likeness (QED) is 0.374. The fraction of sp³-hybridized carbons (Fsp3) is 0.323. The molecule has 3 aromatic heterocycles. The van der Waals surface area contributed by atoms with Gasteiger partial charge < -0.3 is 14.7 Å². The molecule has 2 atom stereocenters. The van der Waals surface area contributed by atoms with E-state index in [2.05, 4.69) is 32.8 Å². The molecule has 9 heteroatoms. The van der Waals surface area contributed by atoms with Crippen LogP contribution in [-0.2, 0) is 0 Å².